The highest BCUT2D eigenvalue weighted by Gasteiger charge is 2.64. The number of amides is 2. The summed E-state index contributed by atoms with van der Waals surface area (Å²) in [5.74, 6) is -1.98. The maximum atomic E-state index is 14.9. The van der Waals surface area contributed by atoms with E-state index in [1.807, 2.05) is 26.1 Å². The minimum atomic E-state index is -4.75. The molecule has 19 heteroatoms. The maximum Gasteiger partial charge on any atom is 0.411 e. The average molecular weight is 769 g/mol. The average Bonchev–Trinajstić information content (AvgIpc) is 3.62. The van der Waals surface area contributed by atoms with E-state index in [0.29, 0.717) is 10.9 Å². The van der Waals surface area contributed by atoms with Gasteiger partial charge < -0.3 is 15.4 Å². The van der Waals surface area contributed by atoms with E-state index < -0.39 is 77.6 Å². The van der Waals surface area contributed by atoms with Gasteiger partial charge in [-0.15, -0.1) is 0 Å². The minimum Gasteiger partial charge on any atom is -0.447 e. The van der Waals surface area contributed by atoms with Crippen molar-refractivity contribution in [3.63, 3.8) is 0 Å². The Morgan fingerprint density at radius 2 is 1.77 bits per heavy atom. The zero-order valence-corrected chi connectivity index (χ0v) is 29.0. The van der Waals surface area contributed by atoms with Crippen molar-refractivity contribution in [1.82, 2.24) is 35.3 Å². The molecule has 282 valence electrons. The van der Waals surface area contributed by atoms with Gasteiger partial charge in [-0.1, -0.05) is 50.6 Å². The first kappa shape index (κ1) is 37.7. The molecule has 4 aromatic rings. The van der Waals surface area contributed by atoms with Gasteiger partial charge in [0, 0.05) is 5.39 Å². The lowest BCUT2D eigenvalue weighted by Crippen LogP contribution is -2.49. The van der Waals surface area contributed by atoms with E-state index in [9.17, 15) is 40.3 Å². The Morgan fingerprint density at radius 1 is 1.06 bits per heavy atom. The molecule has 11 nitrogen and oxygen atoms in total. The van der Waals surface area contributed by atoms with Crippen molar-refractivity contribution in [3.05, 3.63) is 82.5 Å². The monoisotopic (exact) mass is 768 g/mol. The molecule has 2 aliphatic rings. The standard InChI is InChI=1S/C34H32ClF7N8O3/c1-31(2,3)15-33(19-6-9-21-17(12-19)5-8-22(46-21)25(36)37)28(51)49(29(43)47-33)24(14-53-30(52)48-32(10-11-32)34(40,41)42)18-4-7-20(35)23(13-18)50-27(26(38)39)44-16-45-50/h4-9,12-13,16,24-26H,10-11,14-15H2,1-3H3,(H2,43,47)(H,48,52)/t24?,33-/m1/s1. The van der Waals surface area contributed by atoms with E-state index in [1.54, 1.807) is 6.07 Å². The molecule has 3 N–H and O–H groups in total. The number of alkyl halides is 7. The highest BCUT2D eigenvalue weighted by molar-refractivity contribution is 6.32. The van der Waals surface area contributed by atoms with Gasteiger partial charge in [0.15, 0.2) is 11.8 Å². The lowest BCUT2D eigenvalue weighted by molar-refractivity contribution is -0.164. The molecule has 6 rings (SSSR count). The number of fused-ring (bicyclic) bond motifs is 1. The smallest absolute Gasteiger partial charge is 0.411 e. The molecule has 0 spiro atoms. The van der Waals surface area contributed by atoms with E-state index in [2.05, 4.69) is 20.4 Å². The molecule has 2 atom stereocenters. The molecule has 2 aromatic heterocycles. The molecule has 1 saturated heterocycles. The summed E-state index contributed by atoms with van der Waals surface area (Å²) in [4.78, 5) is 36.3. The van der Waals surface area contributed by atoms with Crippen LogP contribution >= 0.6 is 11.6 Å². The molecule has 2 amide bonds. The van der Waals surface area contributed by atoms with Gasteiger partial charge in [0.25, 0.3) is 18.8 Å². The van der Waals surface area contributed by atoms with Crippen molar-refractivity contribution in [2.45, 2.75) is 76.2 Å². The number of hydrogen-bond donors (Lipinski definition) is 3. The predicted octanol–water partition coefficient (Wildman–Crippen LogP) is 7.90. The van der Waals surface area contributed by atoms with Gasteiger partial charge in [-0.05, 0) is 66.1 Å². The van der Waals surface area contributed by atoms with E-state index >= 15 is 0 Å². The van der Waals surface area contributed by atoms with Crippen molar-refractivity contribution < 1.29 is 45.1 Å². The lowest BCUT2D eigenvalue weighted by atomic mass is 9.75. The maximum absolute atomic E-state index is 14.9. The summed E-state index contributed by atoms with van der Waals surface area (Å²) in [6.45, 7) is 4.74. The molecular formula is C34H32ClF7N8O3. The van der Waals surface area contributed by atoms with Crippen LogP contribution in [0.5, 0.6) is 0 Å². The summed E-state index contributed by atoms with van der Waals surface area (Å²) in [6.07, 6.45) is -11.9. The molecule has 1 unspecified atom stereocenters. The fourth-order valence-corrected chi connectivity index (χ4v) is 6.65. The van der Waals surface area contributed by atoms with Gasteiger partial charge in [-0.3, -0.25) is 15.1 Å². The van der Waals surface area contributed by atoms with E-state index in [0.717, 1.165) is 22.0 Å². The van der Waals surface area contributed by atoms with Crippen LogP contribution in [0.3, 0.4) is 0 Å². The van der Waals surface area contributed by atoms with E-state index in [1.165, 1.54) is 36.4 Å². The van der Waals surface area contributed by atoms with Gasteiger partial charge >= 0.3 is 12.3 Å². The zero-order valence-electron chi connectivity index (χ0n) is 28.2. The quantitative estimate of drug-likeness (QED) is 0.140. The van der Waals surface area contributed by atoms with Crippen molar-refractivity contribution in [3.8, 4) is 5.69 Å². The molecule has 1 aliphatic heterocycles. The highest BCUT2D eigenvalue weighted by atomic mass is 35.5. The molecule has 53 heavy (non-hydrogen) atoms. The number of nitrogens with zero attached hydrogens (tertiary/aromatic N) is 5. The Morgan fingerprint density at radius 3 is 2.40 bits per heavy atom. The number of guanidine groups is 1. The van der Waals surface area contributed by atoms with Crippen LogP contribution in [0.4, 0.5) is 35.5 Å². The predicted molar refractivity (Wildman–Crippen MR) is 177 cm³/mol. The van der Waals surface area contributed by atoms with Crippen LogP contribution in [-0.2, 0) is 15.1 Å². The van der Waals surface area contributed by atoms with Crippen LogP contribution < -0.4 is 10.6 Å². The number of carbonyl (C=O) groups is 2. The van der Waals surface area contributed by atoms with Crippen LogP contribution in [0.25, 0.3) is 16.6 Å². The van der Waals surface area contributed by atoms with Crippen LogP contribution in [0.15, 0.2) is 54.9 Å². The van der Waals surface area contributed by atoms with Crippen molar-refractivity contribution in [2.75, 3.05) is 6.61 Å². The zero-order chi connectivity index (χ0) is 38.7. The normalized spacial score (nSPS) is 19.2. The number of pyridine rings is 1. The van der Waals surface area contributed by atoms with E-state index in [4.69, 9.17) is 21.7 Å². The summed E-state index contributed by atoms with van der Waals surface area (Å²) in [5.41, 5.74) is -4.65. The molecule has 1 aliphatic carbocycles. The Bertz CT molecular complexity index is 2080. The number of ether oxygens (including phenoxy) is 1. The topological polar surface area (TPSA) is 138 Å². The number of hydrogen-bond acceptors (Lipinski definition) is 7. The number of aromatic nitrogens is 4. The van der Waals surface area contributed by atoms with Gasteiger partial charge in [0.1, 0.15) is 29.7 Å². The molecule has 0 bridgehead atoms. The Labute approximate surface area is 302 Å². The van der Waals surface area contributed by atoms with E-state index in [-0.39, 0.29) is 41.1 Å². The van der Waals surface area contributed by atoms with Gasteiger partial charge in [0.2, 0.25) is 0 Å². The number of nitrogens with one attached hydrogen (secondary N) is 3. The van der Waals surface area contributed by atoms with Gasteiger partial charge in [-0.25, -0.2) is 37.0 Å². The summed E-state index contributed by atoms with van der Waals surface area (Å²) in [6, 6.07) is 9.64. The first-order valence-corrected chi connectivity index (χ1v) is 16.5. The van der Waals surface area contributed by atoms with Crippen LogP contribution in [0, 0.1) is 10.8 Å². The number of carbonyl (C=O) groups excluding carboxylic acids is 2. The summed E-state index contributed by atoms with van der Waals surface area (Å²) < 4.78 is 101. The largest absolute Gasteiger partial charge is 0.447 e. The third-order valence-electron chi connectivity index (χ3n) is 9.05. The fraction of sp³-hybridized carbons (Fsp3) is 0.412. The Hall–Kier alpha value is -5.00. The highest BCUT2D eigenvalue weighted by Crippen LogP contribution is 2.49. The summed E-state index contributed by atoms with van der Waals surface area (Å²) in [7, 11) is 0. The SMILES string of the molecule is CC(C)(C)C[C@]1(c2ccc3nc(C(F)F)ccc3c2)NC(=N)N(C(COC(=O)NC2(C(F)(F)F)CC2)c2ccc(Cl)c(-n3ncnc3C(F)F)c2)C1=O. The summed E-state index contributed by atoms with van der Waals surface area (Å²) >= 11 is 6.39. The van der Waals surface area contributed by atoms with Crippen molar-refractivity contribution in [1.29, 1.82) is 5.41 Å². The van der Waals surface area contributed by atoms with Gasteiger partial charge in [-0.2, -0.15) is 18.3 Å². The third kappa shape index (κ3) is 7.20. The molecule has 2 aromatic carbocycles. The third-order valence-corrected chi connectivity index (χ3v) is 9.37. The molecule has 0 radical (unpaired) electrons. The molecule has 2 fully saturated rings. The van der Waals surface area contributed by atoms with Crippen molar-refractivity contribution >= 4 is 40.5 Å². The molecule has 3 heterocycles. The fourth-order valence-electron chi connectivity index (χ4n) is 6.46. The number of alkyl carbamates (subject to hydrolysis) is 1. The number of halogens is 8. The number of benzene rings is 2. The summed E-state index contributed by atoms with van der Waals surface area (Å²) in [5, 5.41) is 18.1. The molecule has 1 saturated carbocycles. The second-order valence-corrected chi connectivity index (χ2v) is 14.5. The van der Waals surface area contributed by atoms with Gasteiger partial charge in [0.05, 0.1) is 22.3 Å². The Kier molecular flexibility index (Phi) is 9.58. The minimum absolute atomic E-state index is 0.0660. The first-order valence-electron chi connectivity index (χ1n) is 16.1. The molecular weight excluding hydrogens is 737 g/mol. The van der Waals surface area contributed by atoms with Crippen LogP contribution in [0.1, 0.15) is 81.6 Å². The number of rotatable bonds is 10. The van der Waals surface area contributed by atoms with Crippen LogP contribution in [-0.4, -0.2) is 60.9 Å². The van der Waals surface area contributed by atoms with Crippen molar-refractivity contribution in [2.24, 2.45) is 5.41 Å². The lowest BCUT2D eigenvalue weighted by Gasteiger charge is -2.35. The van der Waals surface area contributed by atoms with Crippen LogP contribution in [0.2, 0.25) is 5.02 Å². The Balaban J connectivity index is 1.43. The second kappa shape index (κ2) is 13.4. The first-order chi connectivity index (χ1) is 24.7. The second-order valence-electron chi connectivity index (χ2n) is 14.1.